The Labute approximate surface area is 125 Å². The first-order valence-electron chi connectivity index (χ1n) is 7.11. The van der Waals surface area contributed by atoms with E-state index >= 15 is 0 Å². The number of benzene rings is 1. The molecule has 1 aromatic heterocycles. The summed E-state index contributed by atoms with van der Waals surface area (Å²) in [5, 5.41) is 0. The number of hydrogen-bond donors (Lipinski definition) is 2. The number of fused-ring (bicyclic) bond motifs is 1. The van der Waals surface area contributed by atoms with Crippen LogP contribution in [-0.2, 0) is 16.3 Å². The molecule has 0 atom stereocenters. The van der Waals surface area contributed by atoms with Crippen LogP contribution in [0.3, 0.4) is 0 Å². The van der Waals surface area contributed by atoms with Crippen LogP contribution in [0.15, 0.2) is 23.1 Å². The smallest absolute Gasteiger partial charge is 0.177 e. The fourth-order valence-corrected chi connectivity index (χ4v) is 3.28. The molecule has 0 aliphatic rings. The zero-order chi connectivity index (χ0) is 15.7. The maximum absolute atomic E-state index is 11.8. The molecule has 0 radical (unpaired) electrons. The molecule has 0 amide bonds. The molecular formula is C15H23N3O2S. The van der Waals surface area contributed by atoms with Gasteiger partial charge >= 0.3 is 0 Å². The third-order valence-electron chi connectivity index (χ3n) is 3.78. The monoisotopic (exact) mass is 309 g/mol. The Hall–Kier alpha value is -1.40. The number of H-pyrrole nitrogens is 1. The van der Waals surface area contributed by atoms with Gasteiger partial charge in [-0.3, -0.25) is 0 Å². The third kappa shape index (κ3) is 3.83. The van der Waals surface area contributed by atoms with Crippen molar-refractivity contribution in [3.05, 3.63) is 24.0 Å². The summed E-state index contributed by atoms with van der Waals surface area (Å²) in [5.41, 5.74) is 7.08. The van der Waals surface area contributed by atoms with Crippen molar-refractivity contribution in [3.8, 4) is 0 Å². The lowest BCUT2D eigenvalue weighted by Gasteiger charge is -2.22. The normalized spacial score (nSPS) is 13.0. The number of imidazole rings is 1. The van der Waals surface area contributed by atoms with Crippen LogP contribution in [0.4, 0.5) is 0 Å². The summed E-state index contributed by atoms with van der Waals surface area (Å²) in [6.07, 6.45) is 3.91. The van der Waals surface area contributed by atoms with Gasteiger partial charge in [-0.2, -0.15) is 0 Å². The van der Waals surface area contributed by atoms with Gasteiger partial charge in [0.2, 0.25) is 0 Å². The summed E-state index contributed by atoms with van der Waals surface area (Å²) < 4.78 is 23.6. The average molecular weight is 309 g/mol. The van der Waals surface area contributed by atoms with E-state index in [0.717, 1.165) is 30.6 Å². The molecule has 0 aliphatic heterocycles. The highest BCUT2D eigenvalue weighted by molar-refractivity contribution is 7.91. The summed E-state index contributed by atoms with van der Waals surface area (Å²) in [7, 11) is -3.27. The Bertz CT molecular complexity index is 732. The van der Waals surface area contributed by atoms with Gasteiger partial charge in [-0.05, 0) is 36.9 Å². The van der Waals surface area contributed by atoms with Crippen LogP contribution in [0.1, 0.15) is 32.5 Å². The topological polar surface area (TPSA) is 88.8 Å². The lowest BCUT2D eigenvalue weighted by molar-refractivity contribution is 0.311. The van der Waals surface area contributed by atoms with Gasteiger partial charge in [0.25, 0.3) is 0 Å². The molecule has 2 rings (SSSR count). The van der Waals surface area contributed by atoms with E-state index in [1.807, 2.05) is 6.07 Å². The minimum absolute atomic E-state index is 0.160. The number of aryl methyl sites for hydroxylation is 1. The summed E-state index contributed by atoms with van der Waals surface area (Å²) in [6, 6.07) is 5.19. The van der Waals surface area contributed by atoms with Gasteiger partial charge in [-0.15, -0.1) is 0 Å². The van der Waals surface area contributed by atoms with Crippen molar-refractivity contribution in [1.29, 1.82) is 0 Å². The van der Waals surface area contributed by atoms with Crippen molar-refractivity contribution >= 4 is 20.9 Å². The standard InChI is InChI=1S/C15H23N3O2S/c1-15(2,9-10-16)8-7-13-17-11-5-4-6-12(14(11)18-13)21(3,19)20/h4-6H,7-10,16H2,1-3H3,(H,17,18). The number of sulfone groups is 1. The molecule has 0 fully saturated rings. The van der Waals surface area contributed by atoms with Crippen LogP contribution in [0.5, 0.6) is 0 Å². The van der Waals surface area contributed by atoms with Gasteiger partial charge in [-0.1, -0.05) is 19.9 Å². The Morgan fingerprint density at radius 3 is 2.62 bits per heavy atom. The molecule has 21 heavy (non-hydrogen) atoms. The fourth-order valence-electron chi connectivity index (χ4n) is 2.45. The summed E-state index contributed by atoms with van der Waals surface area (Å²) in [5.74, 6) is 0.825. The van der Waals surface area contributed by atoms with Crippen LogP contribution < -0.4 is 5.73 Å². The number of para-hydroxylation sites is 1. The molecule has 116 valence electrons. The predicted octanol–water partition coefficient (Wildman–Crippen LogP) is 2.27. The molecule has 0 bridgehead atoms. The molecule has 5 nitrogen and oxygen atoms in total. The van der Waals surface area contributed by atoms with E-state index < -0.39 is 9.84 Å². The third-order valence-corrected chi connectivity index (χ3v) is 4.91. The van der Waals surface area contributed by atoms with Crippen LogP contribution in [0.2, 0.25) is 0 Å². The van der Waals surface area contributed by atoms with Gasteiger partial charge in [-0.25, -0.2) is 13.4 Å². The number of nitrogens with one attached hydrogen (secondary N) is 1. The Kier molecular flexibility index (Phi) is 4.39. The van der Waals surface area contributed by atoms with Crippen molar-refractivity contribution in [2.45, 2.75) is 38.0 Å². The molecule has 3 N–H and O–H groups in total. The fraction of sp³-hybridized carbons (Fsp3) is 0.533. The molecule has 2 aromatic rings. The van der Waals surface area contributed by atoms with Crippen molar-refractivity contribution in [2.24, 2.45) is 11.1 Å². The first-order chi connectivity index (χ1) is 9.73. The van der Waals surface area contributed by atoms with Crippen molar-refractivity contribution in [3.63, 3.8) is 0 Å². The zero-order valence-corrected chi connectivity index (χ0v) is 13.6. The highest BCUT2D eigenvalue weighted by Gasteiger charge is 2.19. The van der Waals surface area contributed by atoms with Crippen LogP contribution in [-0.4, -0.2) is 31.2 Å². The van der Waals surface area contributed by atoms with E-state index in [1.165, 1.54) is 6.26 Å². The molecule has 1 aromatic carbocycles. The minimum Gasteiger partial charge on any atom is -0.342 e. The molecule has 0 unspecified atom stereocenters. The number of aromatic nitrogens is 2. The number of aromatic amines is 1. The quantitative estimate of drug-likeness (QED) is 0.856. The highest BCUT2D eigenvalue weighted by Crippen LogP contribution is 2.27. The Balaban J connectivity index is 2.28. The van der Waals surface area contributed by atoms with Crippen LogP contribution in [0, 0.1) is 5.41 Å². The van der Waals surface area contributed by atoms with E-state index in [1.54, 1.807) is 12.1 Å². The minimum atomic E-state index is -3.27. The van der Waals surface area contributed by atoms with Gasteiger partial charge < -0.3 is 10.7 Å². The van der Waals surface area contributed by atoms with E-state index in [0.29, 0.717) is 12.1 Å². The van der Waals surface area contributed by atoms with Crippen molar-refractivity contribution in [2.75, 3.05) is 12.8 Å². The average Bonchev–Trinajstić information content (AvgIpc) is 2.77. The lowest BCUT2D eigenvalue weighted by atomic mass is 9.84. The number of nitrogens with zero attached hydrogens (tertiary/aromatic N) is 1. The zero-order valence-electron chi connectivity index (χ0n) is 12.8. The van der Waals surface area contributed by atoms with Crippen molar-refractivity contribution < 1.29 is 8.42 Å². The van der Waals surface area contributed by atoms with E-state index in [-0.39, 0.29) is 10.3 Å². The first-order valence-corrected chi connectivity index (χ1v) is 9.00. The second-order valence-electron chi connectivity index (χ2n) is 6.31. The van der Waals surface area contributed by atoms with Crippen LogP contribution in [0.25, 0.3) is 11.0 Å². The first kappa shape index (κ1) is 16.0. The van der Waals surface area contributed by atoms with Gasteiger partial charge in [0.15, 0.2) is 9.84 Å². The largest absolute Gasteiger partial charge is 0.342 e. The van der Waals surface area contributed by atoms with Gasteiger partial charge in [0.05, 0.1) is 10.4 Å². The molecule has 0 spiro atoms. The van der Waals surface area contributed by atoms with E-state index in [4.69, 9.17) is 5.73 Å². The highest BCUT2D eigenvalue weighted by atomic mass is 32.2. The summed E-state index contributed by atoms with van der Waals surface area (Å²) in [6.45, 7) is 5.04. The maximum Gasteiger partial charge on any atom is 0.177 e. The predicted molar refractivity (Wildman–Crippen MR) is 85.0 cm³/mol. The van der Waals surface area contributed by atoms with Crippen molar-refractivity contribution in [1.82, 2.24) is 9.97 Å². The molecule has 0 saturated carbocycles. The van der Waals surface area contributed by atoms with Gasteiger partial charge in [0, 0.05) is 12.7 Å². The second kappa shape index (κ2) is 5.77. The molecular weight excluding hydrogens is 286 g/mol. The summed E-state index contributed by atoms with van der Waals surface area (Å²) >= 11 is 0. The molecule has 0 aliphatic carbocycles. The number of nitrogens with two attached hydrogens (primary N) is 1. The van der Waals surface area contributed by atoms with E-state index in [2.05, 4.69) is 23.8 Å². The molecule has 1 heterocycles. The molecule has 0 saturated heterocycles. The van der Waals surface area contributed by atoms with Crippen LogP contribution >= 0.6 is 0 Å². The number of hydrogen-bond acceptors (Lipinski definition) is 4. The summed E-state index contributed by atoms with van der Waals surface area (Å²) in [4.78, 5) is 7.97. The van der Waals surface area contributed by atoms with E-state index in [9.17, 15) is 8.42 Å². The lowest BCUT2D eigenvalue weighted by Crippen LogP contribution is -2.18. The van der Waals surface area contributed by atoms with Gasteiger partial charge in [0.1, 0.15) is 11.3 Å². The molecule has 6 heteroatoms. The Morgan fingerprint density at radius 2 is 2.00 bits per heavy atom. The SMILES string of the molecule is CC(C)(CCN)CCc1nc2c(S(C)(=O)=O)cccc2[nH]1. The maximum atomic E-state index is 11.8. The Morgan fingerprint density at radius 1 is 1.29 bits per heavy atom. The second-order valence-corrected chi connectivity index (χ2v) is 8.30. The number of rotatable bonds is 6.